The monoisotopic (exact) mass is 232 g/mol. The van der Waals surface area contributed by atoms with Crippen LogP contribution in [0.15, 0.2) is 24.3 Å². The molecule has 0 aliphatic rings. The van der Waals surface area contributed by atoms with Gasteiger partial charge in [-0.3, -0.25) is 9.05 Å². The second-order valence-corrected chi connectivity index (χ2v) is 4.36. The highest BCUT2D eigenvalue weighted by Crippen LogP contribution is 2.49. The molecule has 0 bridgehead atoms. The molecule has 0 aliphatic heterocycles. The van der Waals surface area contributed by atoms with Gasteiger partial charge in [-0.05, 0) is 12.1 Å². The van der Waals surface area contributed by atoms with E-state index in [1.165, 1.54) is 21.3 Å². The van der Waals surface area contributed by atoms with Crippen LogP contribution in [0, 0.1) is 0 Å². The van der Waals surface area contributed by atoms with Crippen molar-refractivity contribution >= 4 is 7.82 Å². The van der Waals surface area contributed by atoms with Crippen molar-refractivity contribution in [3.05, 3.63) is 24.3 Å². The maximum Gasteiger partial charge on any atom is 0.529 e. The first-order chi connectivity index (χ1) is 7.15. The molecule has 0 saturated carbocycles. The number of benzene rings is 1. The number of hydrogen-bond donors (Lipinski definition) is 0. The molecule has 0 fully saturated rings. The molecule has 0 heterocycles. The Bertz CT molecular complexity index is 357. The Balaban J connectivity index is 2.93. The van der Waals surface area contributed by atoms with Crippen molar-refractivity contribution in [3.8, 4) is 11.5 Å². The first-order valence-electron chi connectivity index (χ1n) is 4.19. The van der Waals surface area contributed by atoms with Gasteiger partial charge >= 0.3 is 7.82 Å². The van der Waals surface area contributed by atoms with Crippen LogP contribution in [0.4, 0.5) is 0 Å². The van der Waals surface area contributed by atoms with Crippen LogP contribution in [0.3, 0.4) is 0 Å². The fourth-order valence-electron chi connectivity index (χ4n) is 0.964. The molecule has 0 amide bonds. The second kappa shape index (κ2) is 5.16. The minimum atomic E-state index is -3.52. The summed E-state index contributed by atoms with van der Waals surface area (Å²) in [6.45, 7) is 0. The molecule has 5 nitrogen and oxygen atoms in total. The summed E-state index contributed by atoms with van der Waals surface area (Å²) in [6, 6.07) is 6.80. The average Bonchev–Trinajstić information content (AvgIpc) is 2.29. The van der Waals surface area contributed by atoms with Gasteiger partial charge in [-0.2, -0.15) is 0 Å². The number of phosphoric ester groups is 1. The van der Waals surface area contributed by atoms with E-state index < -0.39 is 7.82 Å². The van der Waals surface area contributed by atoms with E-state index in [4.69, 9.17) is 9.26 Å². The molecule has 1 aromatic carbocycles. The lowest BCUT2D eigenvalue weighted by Crippen LogP contribution is -1.98. The van der Waals surface area contributed by atoms with Crippen molar-refractivity contribution in [3.63, 3.8) is 0 Å². The molecule has 0 aliphatic carbocycles. The van der Waals surface area contributed by atoms with Crippen molar-refractivity contribution in [2.24, 2.45) is 0 Å². The summed E-state index contributed by atoms with van der Waals surface area (Å²) in [5.74, 6) is 0.777. The van der Waals surface area contributed by atoms with Gasteiger partial charge in [0.15, 0.2) is 11.5 Å². The highest BCUT2D eigenvalue weighted by atomic mass is 31.2. The molecule has 15 heavy (non-hydrogen) atoms. The fourth-order valence-corrected chi connectivity index (χ4v) is 1.65. The summed E-state index contributed by atoms with van der Waals surface area (Å²) < 4.78 is 31.1. The van der Waals surface area contributed by atoms with E-state index in [-0.39, 0.29) is 0 Å². The summed E-state index contributed by atoms with van der Waals surface area (Å²) in [4.78, 5) is 0. The van der Waals surface area contributed by atoms with E-state index in [2.05, 4.69) is 9.05 Å². The summed E-state index contributed by atoms with van der Waals surface area (Å²) in [5, 5.41) is 0. The van der Waals surface area contributed by atoms with E-state index in [1.54, 1.807) is 24.3 Å². The molecule has 6 heteroatoms. The number of para-hydroxylation sites is 2. The summed E-state index contributed by atoms with van der Waals surface area (Å²) in [6.07, 6.45) is 0. The van der Waals surface area contributed by atoms with E-state index in [0.29, 0.717) is 11.5 Å². The van der Waals surface area contributed by atoms with Gasteiger partial charge in [-0.1, -0.05) is 12.1 Å². The molecule has 84 valence electrons. The SMILES string of the molecule is COc1ccccc1OP(=O)(OC)OC. The Hall–Kier alpha value is -1.03. The van der Waals surface area contributed by atoms with Crippen LogP contribution in [0.25, 0.3) is 0 Å². The molecule has 0 aromatic heterocycles. The third-order valence-electron chi connectivity index (χ3n) is 1.73. The minimum Gasteiger partial charge on any atom is -0.493 e. The Labute approximate surface area is 88.5 Å². The number of ether oxygens (including phenoxy) is 1. The standard InChI is InChI=1S/C9H13O5P/c1-11-8-6-4-5-7-9(8)14-15(10,12-2)13-3/h4-7H,1-3H3. The molecular weight excluding hydrogens is 219 g/mol. The Morgan fingerprint density at radius 2 is 1.53 bits per heavy atom. The number of methoxy groups -OCH3 is 1. The molecule has 0 atom stereocenters. The first-order valence-corrected chi connectivity index (χ1v) is 5.65. The van der Waals surface area contributed by atoms with E-state index in [0.717, 1.165) is 0 Å². The zero-order chi connectivity index (χ0) is 11.3. The Kier molecular flexibility index (Phi) is 4.15. The van der Waals surface area contributed by atoms with E-state index in [9.17, 15) is 4.57 Å². The predicted molar refractivity (Wildman–Crippen MR) is 55.2 cm³/mol. The molecule has 1 rings (SSSR count). The Morgan fingerprint density at radius 3 is 2.00 bits per heavy atom. The van der Waals surface area contributed by atoms with Crippen molar-refractivity contribution in [2.45, 2.75) is 0 Å². The van der Waals surface area contributed by atoms with Gasteiger partial charge in [0.05, 0.1) is 7.11 Å². The maximum absolute atomic E-state index is 11.7. The highest BCUT2D eigenvalue weighted by Gasteiger charge is 2.25. The quantitative estimate of drug-likeness (QED) is 0.730. The lowest BCUT2D eigenvalue weighted by molar-refractivity contribution is 0.208. The largest absolute Gasteiger partial charge is 0.529 e. The van der Waals surface area contributed by atoms with Crippen molar-refractivity contribution in [2.75, 3.05) is 21.3 Å². The zero-order valence-electron chi connectivity index (χ0n) is 8.80. The van der Waals surface area contributed by atoms with Gasteiger partial charge in [-0.25, -0.2) is 4.57 Å². The molecular formula is C9H13O5P. The number of rotatable bonds is 5. The molecule has 0 saturated heterocycles. The van der Waals surface area contributed by atoms with Gasteiger partial charge in [0.1, 0.15) is 0 Å². The lowest BCUT2D eigenvalue weighted by Gasteiger charge is -2.15. The van der Waals surface area contributed by atoms with Gasteiger partial charge in [0.25, 0.3) is 0 Å². The zero-order valence-corrected chi connectivity index (χ0v) is 9.69. The highest BCUT2D eigenvalue weighted by molar-refractivity contribution is 7.48. The predicted octanol–water partition coefficient (Wildman–Crippen LogP) is 2.47. The third-order valence-corrected chi connectivity index (χ3v) is 3.04. The molecule has 0 unspecified atom stereocenters. The molecule has 0 N–H and O–H groups in total. The summed E-state index contributed by atoms with van der Waals surface area (Å²) >= 11 is 0. The second-order valence-electron chi connectivity index (χ2n) is 2.55. The van der Waals surface area contributed by atoms with Gasteiger partial charge in [0.2, 0.25) is 0 Å². The minimum absolute atomic E-state index is 0.312. The summed E-state index contributed by atoms with van der Waals surface area (Å²) in [7, 11) is 0.469. The average molecular weight is 232 g/mol. The molecule has 1 aromatic rings. The Morgan fingerprint density at radius 1 is 1.00 bits per heavy atom. The van der Waals surface area contributed by atoms with Gasteiger partial charge in [-0.15, -0.1) is 0 Å². The van der Waals surface area contributed by atoms with E-state index >= 15 is 0 Å². The lowest BCUT2D eigenvalue weighted by atomic mass is 10.3. The van der Waals surface area contributed by atoms with E-state index in [1.807, 2.05) is 0 Å². The van der Waals surface area contributed by atoms with Crippen LogP contribution in [-0.2, 0) is 13.6 Å². The van der Waals surface area contributed by atoms with Crippen LogP contribution >= 0.6 is 7.82 Å². The number of hydrogen-bond acceptors (Lipinski definition) is 5. The topological polar surface area (TPSA) is 54.0 Å². The molecule has 0 radical (unpaired) electrons. The van der Waals surface area contributed by atoms with Crippen molar-refractivity contribution in [1.82, 2.24) is 0 Å². The fraction of sp³-hybridized carbons (Fsp3) is 0.333. The molecule has 0 spiro atoms. The maximum atomic E-state index is 11.7. The van der Waals surface area contributed by atoms with Gasteiger partial charge < -0.3 is 9.26 Å². The van der Waals surface area contributed by atoms with Crippen molar-refractivity contribution in [1.29, 1.82) is 0 Å². The smallest absolute Gasteiger partial charge is 0.493 e. The van der Waals surface area contributed by atoms with Crippen LogP contribution in [0.1, 0.15) is 0 Å². The van der Waals surface area contributed by atoms with Crippen LogP contribution in [-0.4, -0.2) is 21.3 Å². The van der Waals surface area contributed by atoms with Crippen LogP contribution < -0.4 is 9.26 Å². The summed E-state index contributed by atoms with van der Waals surface area (Å²) in [5.41, 5.74) is 0. The number of phosphoric acid groups is 1. The van der Waals surface area contributed by atoms with Crippen LogP contribution in [0.2, 0.25) is 0 Å². The normalized spacial score (nSPS) is 11.1. The first kappa shape index (κ1) is 12.0. The van der Waals surface area contributed by atoms with Crippen molar-refractivity contribution < 1.29 is 22.9 Å². The van der Waals surface area contributed by atoms with Gasteiger partial charge in [0, 0.05) is 14.2 Å². The third kappa shape index (κ3) is 2.96. The van der Waals surface area contributed by atoms with Crippen LogP contribution in [0.5, 0.6) is 11.5 Å².